The third kappa shape index (κ3) is 5.73. The van der Waals surface area contributed by atoms with E-state index in [9.17, 15) is 4.79 Å². The maximum absolute atomic E-state index is 11.4. The largest absolute Gasteiger partial charge is 0.338 e. The van der Waals surface area contributed by atoms with Crippen LogP contribution in [0.1, 0.15) is 25.8 Å². The highest BCUT2D eigenvalue weighted by molar-refractivity contribution is 6.30. The summed E-state index contributed by atoms with van der Waals surface area (Å²) in [6.45, 7) is 4.61. The molecule has 18 heavy (non-hydrogen) atoms. The second kappa shape index (κ2) is 7.77. The summed E-state index contributed by atoms with van der Waals surface area (Å²) in [6.07, 6.45) is 3.43. The third-order valence-electron chi connectivity index (χ3n) is 2.60. The van der Waals surface area contributed by atoms with Gasteiger partial charge in [0.05, 0.1) is 0 Å². The van der Waals surface area contributed by atoms with Gasteiger partial charge in [0.1, 0.15) is 0 Å². The highest BCUT2D eigenvalue weighted by Crippen LogP contribution is 2.10. The number of carbonyl (C=O) groups excluding carboxylic acids is 1. The van der Waals surface area contributed by atoms with Crippen LogP contribution in [-0.4, -0.2) is 12.6 Å². The zero-order chi connectivity index (χ0) is 13.4. The van der Waals surface area contributed by atoms with E-state index < -0.39 is 0 Å². The predicted molar refractivity (Wildman–Crippen MR) is 75.7 cm³/mol. The molecule has 0 aromatic heterocycles. The first-order valence-electron chi connectivity index (χ1n) is 6.06. The highest BCUT2D eigenvalue weighted by Gasteiger charge is 1.98. The van der Waals surface area contributed by atoms with Crippen molar-refractivity contribution in [2.24, 2.45) is 0 Å². The van der Waals surface area contributed by atoms with Crippen molar-refractivity contribution in [1.29, 1.82) is 0 Å². The van der Waals surface area contributed by atoms with Crippen LogP contribution in [0.15, 0.2) is 36.0 Å². The number of amides is 2. The van der Waals surface area contributed by atoms with E-state index in [1.54, 1.807) is 6.20 Å². The summed E-state index contributed by atoms with van der Waals surface area (Å²) >= 11 is 5.88. The molecule has 0 fully saturated rings. The normalized spacial score (nSPS) is 11.2. The fourth-order valence-corrected chi connectivity index (χ4v) is 1.57. The van der Waals surface area contributed by atoms with Crippen molar-refractivity contribution in [3.8, 4) is 0 Å². The Morgan fingerprint density at radius 2 is 2.22 bits per heavy atom. The van der Waals surface area contributed by atoms with E-state index in [2.05, 4.69) is 10.6 Å². The van der Waals surface area contributed by atoms with Gasteiger partial charge >= 0.3 is 6.03 Å². The molecule has 0 spiro atoms. The molecule has 0 aliphatic rings. The van der Waals surface area contributed by atoms with Gasteiger partial charge in [0, 0.05) is 17.8 Å². The minimum absolute atomic E-state index is 0.176. The number of urea groups is 1. The molecule has 0 heterocycles. The van der Waals surface area contributed by atoms with E-state index in [-0.39, 0.29) is 6.03 Å². The Kier molecular flexibility index (Phi) is 6.29. The van der Waals surface area contributed by atoms with Crippen molar-refractivity contribution < 1.29 is 4.79 Å². The average molecular weight is 267 g/mol. The molecule has 1 rings (SSSR count). The molecule has 0 bridgehead atoms. The molecular formula is C14H19ClN2O. The average Bonchev–Trinajstić information content (AvgIpc) is 2.36. The van der Waals surface area contributed by atoms with E-state index in [4.69, 9.17) is 11.6 Å². The van der Waals surface area contributed by atoms with Crippen LogP contribution in [0.4, 0.5) is 4.79 Å². The summed E-state index contributed by atoms with van der Waals surface area (Å²) in [4.78, 5) is 11.4. The lowest BCUT2D eigenvalue weighted by atomic mass is 10.1. The summed E-state index contributed by atoms with van der Waals surface area (Å²) in [5, 5.41) is 6.21. The van der Waals surface area contributed by atoms with Crippen molar-refractivity contribution >= 4 is 17.6 Å². The summed E-state index contributed by atoms with van der Waals surface area (Å²) in [5.41, 5.74) is 2.25. The van der Waals surface area contributed by atoms with Crippen LogP contribution < -0.4 is 10.6 Å². The van der Waals surface area contributed by atoms with Gasteiger partial charge in [-0.05, 0) is 37.5 Å². The number of allylic oxidation sites excluding steroid dienone is 1. The summed E-state index contributed by atoms with van der Waals surface area (Å²) in [6, 6.07) is 7.47. The second-order valence-corrected chi connectivity index (χ2v) is 4.56. The zero-order valence-corrected chi connectivity index (χ0v) is 11.6. The maximum Gasteiger partial charge on any atom is 0.318 e. The van der Waals surface area contributed by atoms with Crippen molar-refractivity contribution in [1.82, 2.24) is 10.6 Å². The van der Waals surface area contributed by atoms with Crippen LogP contribution in [0.25, 0.3) is 0 Å². The van der Waals surface area contributed by atoms with Gasteiger partial charge in [-0.25, -0.2) is 4.79 Å². The molecule has 3 nitrogen and oxygen atoms in total. The molecule has 0 saturated heterocycles. The lowest BCUT2D eigenvalue weighted by molar-refractivity contribution is 0.244. The monoisotopic (exact) mass is 266 g/mol. The quantitative estimate of drug-likeness (QED) is 0.842. The topological polar surface area (TPSA) is 41.1 Å². The molecule has 2 amide bonds. The van der Waals surface area contributed by atoms with E-state index in [0.717, 1.165) is 29.0 Å². The minimum atomic E-state index is -0.176. The molecule has 98 valence electrons. The Morgan fingerprint density at radius 3 is 2.89 bits per heavy atom. The first-order chi connectivity index (χ1) is 8.61. The number of hydrogen-bond donors (Lipinski definition) is 2. The Hall–Kier alpha value is -1.48. The lowest BCUT2D eigenvalue weighted by Crippen LogP contribution is -2.33. The zero-order valence-electron chi connectivity index (χ0n) is 10.8. The van der Waals surface area contributed by atoms with Crippen molar-refractivity contribution in [3.63, 3.8) is 0 Å². The van der Waals surface area contributed by atoms with Crippen LogP contribution in [0.5, 0.6) is 0 Å². The van der Waals surface area contributed by atoms with Gasteiger partial charge in [-0.2, -0.15) is 0 Å². The number of halogens is 1. The number of rotatable bonds is 5. The van der Waals surface area contributed by atoms with Gasteiger partial charge in [-0.15, -0.1) is 0 Å². The number of nitrogens with one attached hydrogen (secondary N) is 2. The van der Waals surface area contributed by atoms with Crippen LogP contribution in [-0.2, 0) is 6.42 Å². The van der Waals surface area contributed by atoms with Crippen LogP contribution >= 0.6 is 11.6 Å². The first kappa shape index (κ1) is 14.6. The Balaban J connectivity index is 2.27. The van der Waals surface area contributed by atoms with Gasteiger partial charge in [-0.3, -0.25) is 0 Å². The summed E-state index contributed by atoms with van der Waals surface area (Å²) in [7, 11) is 0. The molecule has 0 unspecified atom stereocenters. The molecule has 1 aromatic carbocycles. The lowest BCUT2D eigenvalue weighted by Gasteiger charge is -2.05. The van der Waals surface area contributed by atoms with E-state index in [1.807, 2.05) is 38.1 Å². The summed E-state index contributed by atoms with van der Waals surface area (Å²) < 4.78 is 0. The van der Waals surface area contributed by atoms with Gasteiger partial charge in [0.25, 0.3) is 0 Å². The smallest absolute Gasteiger partial charge is 0.318 e. The Morgan fingerprint density at radius 1 is 1.44 bits per heavy atom. The van der Waals surface area contributed by atoms with Crippen molar-refractivity contribution in [2.45, 2.75) is 26.7 Å². The maximum atomic E-state index is 11.4. The first-order valence-corrected chi connectivity index (χ1v) is 6.44. The fraction of sp³-hybridized carbons (Fsp3) is 0.357. The number of benzene rings is 1. The Labute approximate surface area is 113 Å². The number of hydrogen-bond acceptors (Lipinski definition) is 1. The van der Waals surface area contributed by atoms with Crippen LogP contribution in [0, 0.1) is 0 Å². The summed E-state index contributed by atoms with van der Waals surface area (Å²) in [5.74, 6) is 0. The molecule has 1 aromatic rings. The Bertz CT molecular complexity index is 430. The van der Waals surface area contributed by atoms with E-state index in [0.29, 0.717) is 6.54 Å². The fourth-order valence-electron chi connectivity index (χ4n) is 1.35. The van der Waals surface area contributed by atoms with Gasteiger partial charge < -0.3 is 10.6 Å². The molecule has 4 heteroatoms. The highest BCUT2D eigenvalue weighted by atomic mass is 35.5. The van der Waals surface area contributed by atoms with E-state index in [1.165, 1.54) is 0 Å². The van der Waals surface area contributed by atoms with Crippen molar-refractivity contribution in [2.75, 3.05) is 6.54 Å². The van der Waals surface area contributed by atoms with Gasteiger partial charge in [0.15, 0.2) is 0 Å². The standard InChI is InChI=1S/C14H19ClN2O/c1-3-11(2)10-17-14(18)16-8-7-12-5-4-6-13(15)9-12/h4-6,9-10H,3,7-8H2,1-2H3,(H2,16,17,18)/b11-10+. The second-order valence-electron chi connectivity index (χ2n) is 4.12. The third-order valence-corrected chi connectivity index (χ3v) is 2.83. The SMILES string of the molecule is CC/C(C)=C/NC(=O)NCCc1cccc(Cl)c1. The minimum Gasteiger partial charge on any atom is -0.338 e. The molecule has 2 N–H and O–H groups in total. The van der Waals surface area contributed by atoms with Gasteiger partial charge in [-0.1, -0.05) is 36.2 Å². The van der Waals surface area contributed by atoms with E-state index >= 15 is 0 Å². The molecule has 0 aliphatic carbocycles. The molecule has 0 atom stereocenters. The number of carbonyl (C=O) groups is 1. The predicted octanol–water partition coefficient (Wildman–Crippen LogP) is 3.50. The molecule has 0 saturated carbocycles. The molecular weight excluding hydrogens is 248 g/mol. The van der Waals surface area contributed by atoms with Gasteiger partial charge in [0.2, 0.25) is 0 Å². The molecule has 0 radical (unpaired) electrons. The molecule has 0 aliphatic heterocycles. The van der Waals surface area contributed by atoms with Crippen LogP contribution in [0.3, 0.4) is 0 Å². The van der Waals surface area contributed by atoms with Crippen molar-refractivity contribution in [3.05, 3.63) is 46.6 Å². The van der Waals surface area contributed by atoms with Crippen LogP contribution in [0.2, 0.25) is 5.02 Å².